The Hall–Kier alpha value is -0.566. The summed E-state index contributed by atoms with van der Waals surface area (Å²) in [5.74, 6) is 0.502. The first-order chi connectivity index (χ1) is 9.66. The Labute approximate surface area is 166 Å². The molecular weight excluding hydrogens is 363 g/mol. The van der Waals surface area contributed by atoms with Crippen LogP contribution in [0.15, 0.2) is 53.6 Å². The van der Waals surface area contributed by atoms with Gasteiger partial charge in [0.25, 0.3) is 0 Å². The normalized spacial score (nSPS) is 15.5. The fourth-order valence-electron chi connectivity index (χ4n) is 2.86. The Bertz CT molecular complexity index is 693. The van der Waals surface area contributed by atoms with E-state index >= 15 is 0 Å². The minimum absolute atomic E-state index is 0. The van der Waals surface area contributed by atoms with Crippen molar-refractivity contribution >= 4 is 16.3 Å². The van der Waals surface area contributed by atoms with Gasteiger partial charge in [-0.2, -0.15) is 0 Å². The minimum atomic E-state index is 0. The largest absolute Gasteiger partial charge is 3.00 e. The van der Waals surface area contributed by atoms with Crippen LogP contribution in [0, 0.1) is 12.0 Å². The monoisotopic (exact) mass is 383 g/mol. The van der Waals surface area contributed by atoms with Gasteiger partial charge in [-0.15, -0.1) is 35.2 Å². The molecule has 0 heterocycles. The molecular formula is C19H21Cl2OTi. The van der Waals surface area contributed by atoms with Gasteiger partial charge in [-0.1, -0.05) is 53.3 Å². The molecule has 3 rings (SSSR count). The zero-order valence-corrected chi connectivity index (χ0v) is 16.9. The number of hydrogen-bond donors (Lipinski definition) is 1. The van der Waals surface area contributed by atoms with Gasteiger partial charge in [0.1, 0.15) is 0 Å². The van der Waals surface area contributed by atoms with Crippen molar-refractivity contribution in [2.45, 2.75) is 20.8 Å². The van der Waals surface area contributed by atoms with Crippen LogP contribution in [0.4, 0.5) is 0 Å². The van der Waals surface area contributed by atoms with E-state index < -0.39 is 0 Å². The van der Waals surface area contributed by atoms with Gasteiger partial charge < -0.3 is 29.9 Å². The Morgan fingerprint density at radius 3 is 2.13 bits per heavy atom. The summed E-state index contributed by atoms with van der Waals surface area (Å²) in [5.41, 5.74) is 5.48. The molecule has 0 amide bonds. The molecule has 0 aromatic heterocycles. The van der Waals surface area contributed by atoms with Crippen molar-refractivity contribution in [1.82, 2.24) is 0 Å². The van der Waals surface area contributed by atoms with E-state index in [2.05, 4.69) is 69.3 Å². The molecule has 0 aliphatic heterocycles. The van der Waals surface area contributed by atoms with E-state index in [9.17, 15) is 0 Å². The van der Waals surface area contributed by atoms with Crippen LogP contribution in [-0.2, 0) is 21.7 Å². The van der Waals surface area contributed by atoms with Crippen molar-refractivity contribution in [2.75, 3.05) is 7.11 Å². The maximum Gasteiger partial charge on any atom is 3.00 e. The SMILES string of the molecule is CC1=CC(C)C(c2[c-]c3ccccc3cc2)=C1C.CO.[Cl-].[Cl-].[Ti+3]. The number of aliphatic hydroxyl groups excluding tert-OH is 1. The van der Waals surface area contributed by atoms with Crippen LogP contribution in [0.2, 0.25) is 0 Å². The predicted octanol–water partition coefficient (Wildman–Crippen LogP) is -1.38. The molecule has 121 valence electrons. The third-order valence-corrected chi connectivity index (χ3v) is 3.90. The molecule has 0 saturated heterocycles. The first-order valence-electron chi connectivity index (χ1n) is 6.92. The number of hydrogen-bond acceptors (Lipinski definition) is 1. The summed E-state index contributed by atoms with van der Waals surface area (Å²) in [6.45, 7) is 6.67. The molecule has 1 aliphatic rings. The topological polar surface area (TPSA) is 20.2 Å². The van der Waals surface area contributed by atoms with Crippen LogP contribution in [0.25, 0.3) is 16.3 Å². The number of allylic oxidation sites excluding steroid dienone is 4. The fourth-order valence-corrected chi connectivity index (χ4v) is 2.86. The van der Waals surface area contributed by atoms with Crippen LogP contribution in [-0.4, -0.2) is 12.2 Å². The van der Waals surface area contributed by atoms with E-state index in [0.29, 0.717) is 5.92 Å². The van der Waals surface area contributed by atoms with Gasteiger partial charge in [0.05, 0.1) is 0 Å². The maximum absolute atomic E-state index is 7.00. The van der Waals surface area contributed by atoms with E-state index in [-0.39, 0.29) is 46.5 Å². The van der Waals surface area contributed by atoms with E-state index in [1.165, 1.54) is 33.1 Å². The van der Waals surface area contributed by atoms with Crippen LogP contribution in [0.1, 0.15) is 26.3 Å². The van der Waals surface area contributed by atoms with Gasteiger partial charge in [-0.25, -0.2) is 0 Å². The molecule has 4 heteroatoms. The minimum Gasteiger partial charge on any atom is -1.00 e. The third kappa shape index (κ3) is 5.21. The molecule has 23 heavy (non-hydrogen) atoms. The Balaban J connectivity index is 0. The number of halogens is 2. The quantitative estimate of drug-likeness (QED) is 0.475. The van der Waals surface area contributed by atoms with Gasteiger partial charge >= 0.3 is 21.7 Å². The van der Waals surface area contributed by atoms with Crippen LogP contribution < -0.4 is 24.8 Å². The van der Waals surface area contributed by atoms with Crippen molar-refractivity contribution in [1.29, 1.82) is 0 Å². The number of fused-ring (bicyclic) bond motifs is 1. The summed E-state index contributed by atoms with van der Waals surface area (Å²) in [5, 5.41) is 9.46. The molecule has 1 aliphatic carbocycles. The van der Waals surface area contributed by atoms with Gasteiger partial charge in [-0.05, 0) is 19.8 Å². The summed E-state index contributed by atoms with van der Waals surface area (Å²) in [6.07, 6.45) is 2.34. The van der Waals surface area contributed by atoms with Crippen molar-refractivity contribution in [3.8, 4) is 0 Å². The summed E-state index contributed by atoms with van der Waals surface area (Å²) >= 11 is 0. The molecule has 0 saturated carbocycles. The van der Waals surface area contributed by atoms with Gasteiger partial charge in [0.2, 0.25) is 0 Å². The Morgan fingerprint density at radius 2 is 1.57 bits per heavy atom. The molecule has 1 unspecified atom stereocenters. The van der Waals surface area contributed by atoms with Crippen molar-refractivity contribution in [3.63, 3.8) is 0 Å². The fraction of sp³-hybridized carbons (Fsp3) is 0.263. The van der Waals surface area contributed by atoms with Crippen LogP contribution in [0.5, 0.6) is 0 Å². The summed E-state index contributed by atoms with van der Waals surface area (Å²) in [4.78, 5) is 0. The molecule has 0 fully saturated rings. The first kappa shape index (κ1) is 24.7. The second-order valence-electron chi connectivity index (χ2n) is 5.14. The number of benzene rings is 2. The molecule has 0 spiro atoms. The van der Waals surface area contributed by atoms with Gasteiger partial charge in [0.15, 0.2) is 0 Å². The molecule has 2 aromatic rings. The van der Waals surface area contributed by atoms with E-state index in [1.807, 2.05) is 0 Å². The van der Waals surface area contributed by atoms with Crippen LogP contribution >= 0.6 is 0 Å². The maximum atomic E-state index is 7.00. The number of rotatable bonds is 1. The molecule has 0 bridgehead atoms. The van der Waals surface area contributed by atoms with E-state index in [4.69, 9.17) is 5.11 Å². The molecule has 1 N–H and O–H groups in total. The van der Waals surface area contributed by atoms with Gasteiger partial charge in [0, 0.05) is 7.11 Å². The van der Waals surface area contributed by atoms with Crippen molar-refractivity contribution in [3.05, 3.63) is 65.3 Å². The summed E-state index contributed by atoms with van der Waals surface area (Å²) < 4.78 is 0. The predicted molar refractivity (Wildman–Crippen MR) is 86.4 cm³/mol. The average Bonchev–Trinajstić information content (AvgIpc) is 2.74. The second-order valence-corrected chi connectivity index (χ2v) is 5.14. The zero-order chi connectivity index (χ0) is 14.7. The van der Waals surface area contributed by atoms with Gasteiger partial charge in [-0.3, -0.25) is 0 Å². The molecule has 2 aromatic carbocycles. The standard InChI is InChI=1S/C18H17.CH4O.2ClH.Ti/c1-12-10-13(2)18(14(12)3)17-9-8-15-6-4-5-7-16(15)11-17;1-2;;;/h4-10,13H,1-3H3;2H,1H3;2*1H;/q-1;;;;+3/p-2. The Morgan fingerprint density at radius 1 is 0.957 bits per heavy atom. The average molecular weight is 384 g/mol. The summed E-state index contributed by atoms with van der Waals surface area (Å²) in [7, 11) is 1.00. The smallest absolute Gasteiger partial charge is 1.00 e. The van der Waals surface area contributed by atoms with E-state index in [1.54, 1.807) is 0 Å². The number of aliphatic hydroxyl groups is 1. The molecule has 1 atom stereocenters. The third-order valence-electron chi connectivity index (χ3n) is 3.90. The first-order valence-corrected chi connectivity index (χ1v) is 6.92. The second kappa shape index (κ2) is 11.1. The zero-order valence-electron chi connectivity index (χ0n) is 13.8. The van der Waals surface area contributed by atoms with Crippen LogP contribution in [0.3, 0.4) is 0 Å². The molecule has 1 radical (unpaired) electrons. The Kier molecular flexibility index (Phi) is 11.9. The van der Waals surface area contributed by atoms with E-state index in [0.717, 1.165) is 7.11 Å². The summed E-state index contributed by atoms with van der Waals surface area (Å²) in [6, 6.07) is 16.4. The van der Waals surface area contributed by atoms with Crippen molar-refractivity contribution < 1.29 is 51.6 Å². The van der Waals surface area contributed by atoms with Crippen molar-refractivity contribution in [2.24, 2.45) is 5.92 Å². The molecule has 1 nitrogen and oxygen atoms in total.